The molecule has 1 aromatic heterocycles. The number of hydrogen-bond donors (Lipinski definition) is 2. The number of benzene rings is 1. The lowest BCUT2D eigenvalue weighted by atomic mass is 9.99. The van der Waals surface area contributed by atoms with E-state index in [0.717, 1.165) is 17.0 Å². The van der Waals surface area contributed by atoms with Gasteiger partial charge in [-0.3, -0.25) is 14.3 Å². The van der Waals surface area contributed by atoms with Gasteiger partial charge in [0.15, 0.2) is 0 Å². The van der Waals surface area contributed by atoms with Crippen LogP contribution in [0, 0.1) is 19.8 Å². The Kier molecular flexibility index (Phi) is 5.51. The van der Waals surface area contributed by atoms with E-state index in [1.165, 1.54) is 0 Å². The molecule has 0 aliphatic carbocycles. The molecule has 0 saturated heterocycles. The molecule has 0 spiro atoms. The van der Waals surface area contributed by atoms with Crippen LogP contribution >= 0.6 is 0 Å². The Morgan fingerprint density at radius 2 is 1.96 bits per heavy atom. The zero-order chi connectivity index (χ0) is 16.8. The minimum absolute atomic E-state index is 0.0946. The number of nitrogens with zero attached hydrogens (tertiary/aromatic N) is 2. The molecule has 1 heterocycles. The van der Waals surface area contributed by atoms with Crippen molar-refractivity contribution < 1.29 is 14.7 Å². The van der Waals surface area contributed by atoms with E-state index in [1.54, 1.807) is 4.68 Å². The predicted molar refractivity (Wildman–Crippen MR) is 86.0 cm³/mol. The van der Waals surface area contributed by atoms with E-state index in [0.29, 0.717) is 6.42 Å². The van der Waals surface area contributed by atoms with Crippen LogP contribution in [0.25, 0.3) is 0 Å². The normalized spacial score (nSPS) is 11.9. The lowest BCUT2D eigenvalue weighted by molar-refractivity contribution is -0.141. The topological polar surface area (TPSA) is 84.2 Å². The SMILES string of the molecule is Cc1cc(C)n(CC(=O)NCC(Cc2ccccc2)C(=O)O)n1. The van der Waals surface area contributed by atoms with E-state index in [1.807, 2.05) is 50.2 Å². The largest absolute Gasteiger partial charge is 0.481 e. The van der Waals surface area contributed by atoms with Gasteiger partial charge in [-0.2, -0.15) is 5.10 Å². The van der Waals surface area contributed by atoms with Gasteiger partial charge >= 0.3 is 5.97 Å². The molecule has 6 nitrogen and oxygen atoms in total. The number of carbonyl (C=O) groups is 2. The van der Waals surface area contributed by atoms with Crippen LogP contribution in [0.2, 0.25) is 0 Å². The van der Waals surface area contributed by atoms with Crippen LogP contribution in [0.3, 0.4) is 0 Å². The molecule has 6 heteroatoms. The van der Waals surface area contributed by atoms with Gasteiger partial charge in [0.2, 0.25) is 5.91 Å². The fourth-order valence-corrected chi connectivity index (χ4v) is 2.41. The van der Waals surface area contributed by atoms with Gasteiger partial charge in [0.1, 0.15) is 6.54 Å². The van der Waals surface area contributed by atoms with Crippen molar-refractivity contribution in [3.63, 3.8) is 0 Å². The second kappa shape index (κ2) is 7.58. The minimum Gasteiger partial charge on any atom is -0.481 e. The number of amides is 1. The van der Waals surface area contributed by atoms with Crippen LogP contribution in [0.4, 0.5) is 0 Å². The molecule has 0 aliphatic heterocycles. The smallest absolute Gasteiger partial charge is 0.308 e. The molecule has 0 bridgehead atoms. The van der Waals surface area contributed by atoms with Crippen LogP contribution < -0.4 is 5.32 Å². The summed E-state index contributed by atoms with van der Waals surface area (Å²) < 4.78 is 1.61. The molecule has 122 valence electrons. The summed E-state index contributed by atoms with van der Waals surface area (Å²) in [6, 6.07) is 11.3. The summed E-state index contributed by atoms with van der Waals surface area (Å²) in [5.41, 5.74) is 2.69. The van der Waals surface area contributed by atoms with Crippen molar-refractivity contribution in [3.8, 4) is 0 Å². The summed E-state index contributed by atoms with van der Waals surface area (Å²) in [7, 11) is 0. The van der Waals surface area contributed by atoms with E-state index in [4.69, 9.17) is 0 Å². The molecule has 0 aliphatic rings. The maximum atomic E-state index is 12.0. The second-order valence-electron chi connectivity index (χ2n) is 5.61. The predicted octanol–water partition coefficient (Wildman–Crippen LogP) is 1.56. The fraction of sp³-hybridized carbons (Fsp3) is 0.353. The van der Waals surface area contributed by atoms with E-state index >= 15 is 0 Å². The molecule has 0 fully saturated rings. The maximum absolute atomic E-state index is 12.0. The highest BCUT2D eigenvalue weighted by atomic mass is 16.4. The average Bonchev–Trinajstić information content (AvgIpc) is 2.82. The van der Waals surface area contributed by atoms with Gasteiger partial charge in [-0.1, -0.05) is 30.3 Å². The molecule has 1 amide bonds. The first-order valence-corrected chi connectivity index (χ1v) is 7.50. The molecule has 1 atom stereocenters. The number of nitrogens with one attached hydrogen (secondary N) is 1. The number of hydrogen-bond acceptors (Lipinski definition) is 3. The lowest BCUT2D eigenvalue weighted by Crippen LogP contribution is -2.36. The van der Waals surface area contributed by atoms with Crippen molar-refractivity contribution in [2.45, 2.75) is 26.8 Å². The van der Waals surface area contributed by atoms with Gasteiger partial charge in [0.05, 0.1) is 11.6 Å². The van der Waals surface area contributed by atoms with E-state index < -0.39 is 11.9 Å². The number of carboxylic acids is 1. The summed E-state index contributed by atoms with van der Waals surface area (Å²) in [5.74, 6) is -1.81. The van der Waals surface area contributed by atoms with Crippen molar-refractivity contribution in [1.29, 1.82) is 0 Å². The Labute approximate surface area is 135 Å². The Hall–Kier alpha value is -2.63. The summed E-state index contributed by atoms with van der Waals surface area (Å²) in [6.45, 7) is 3.93. The van der Waals surface area contributed by atoms with Gasteiger partial charge in [0, 0.05) is 12.2 Å². The van der Waals surface area contributed by atoms with Gasteiger partial charge in [-0.15, -0.1) is 0 Å². The van der Waals surface area contributed by atoms with Crippen LogP contribution in [0.5, 0.6) is 0 Å². The van der Waals surface area contributed by atoms with Gasteiger partial charge in [0.25, 0.3) is 0 Å². The van der Waals surface area contributed by atoms with Crippen LogP contribution in [0.15, 0.2) is 36.4 Å². The number of aliphatic carboxylic acids is 1. The standard InChI is InChI=1S/C17H21N3O3/c1-12-8-13(2)20(19-12)11-16(21)18-10-15(17(22)23)9-14-6-4-3-5-7-14/h3-8,15H,9-11H2,1-2H3,(H,18,21)(H,22,23). The monoisotopic (exact) mass is 315 g/mol. The van der Waals surface area contributed by atoms with E-state index in [-0.39, 0.29) is 19.0 Å². The molecular weight excluding hydrogens is 294 g/mol. The highest BCUT2D eigenvalue weighted by molar-refractivity contribution is 5.77. The van der Waals surface area contributed by atoms with Crippen LogP contribution in [0.1, 0.15) is 17.0 Å². The number of carboxylic acid groups (broad SMARTS) is 1. The molecule has 1 aromatic carbocycles. The Morgan fingerprint density at radius 1 is 1.26 bits per heavy atom. The molecule has 2 rings (SSSR count). The average molecular weight is 315 g/mol. The second-order valence-corrected chi connectivity index (χ2v) is 5.61. The zero-order valence-electron chi connectivity index (χ0n) is 13.3. The molecule has 2 N–H and O–H groups in total. The lowest BCUT2D eigenvalue weighted by Gasteiger charge is -2.14. The molecular formula is C17H21N3O3. The Balaban J connectivity index is 1.89. The maximum Gasteiger partial charge on any atom is 0.308 e. The first-order chi connectivity index (χ1) is 11.0. The summed E-state index contributed by atoms with van der Waals surface area (Å²) in [4.78, 5) is 23.4. The van der Waals surface area contributed by atoms with Crippen molar-refractivity contribution in [3.05, 3.63) is 53.3 Å². The van der Waals surface area contributed by atoms with Crippen LogP contribution in [-0.4, -0.2) is 33.3 Å². The quantitative estimate of drug-likeness (QED) is 0.812. The van der Waals surface area contributed by atoms with Gasteiger partial charge in [-0.05, 0) is 31.9 Å². The Bertz CT molecular complexity index is 680. The molecule has 2 aromatic rings. The van der Waals surface area contributed by atoms with E-state index in [9.17, 15) is 14.7 Å². The summed E-state index contributed by atoms with van der Waals surface area (Å²) in [6.07, 6.45) is 0.385. The third kappa shape index (κ3) is 4.95. The first-order valence-electron chi connectivity index (χ1n) is 7.50. The number of aryl methyl sites for hydroxylation is 2. The number of rotatable bonds is 7. The highest BCUT2D eigenvalue weighted by Gasteiger charge is 2.19. The Morgan fingerprint density at radius 3 is 2.52 bits per heavy atom. The zero-order valence-corrected chi connectivity index (χ0v) is 13.3. The summed E-state index contributed by atoms with van der Waals surface area (Å²) >= 11 is 0. The number of aromatic nitrogens is 2. The molecule has 0 radical (unpaired) electrons. The molecule has 0 saturated carbocycles. The number of carbonyl (C=O) groups excluding carboxylic acids is 1. The summed E-state index contributed by atoms with van der Waals surface area (Å²) in [5, 5.41) is 16.2. The first kappa shape index (κ1) is 16.7. The van der Waals surface area contributed by atoms with Crippen molar-refractivity contribution >= 4 is 11.9 Å². The third-order valence-electron chi connectivity index (χ3n) is 3.62. The van der Waals surface area contributed by atoms with Gasteiger partial charge < -0.3 is 10.4 Å². The van der Waals surface area contributed by atoms with Crippen LogP contribution in [-0.2, 0) is 22.6 Å². The highest BCUT2D eigenvalue weighted by Crippen LogP contribution is 2.08. The van der Waals surface area contributed by atoms with E-state index in [2.05, 4.69) is 10.4 Å². The molecule has 23 heavy (non-hydrogen) atoms. The van der Waals surface area contributed by atoms with Crippen molar-refractivity contribution in [2.75, 3.05) is 6.54 Å². The van der Waals surface area contributed by atoms with Crippen molar-refractivity contribution in [2.24, 2.45) is 5.92 Å². The minimum atomic E-state index is -0.916. The molecule has 1 unspecified atom stereocenters. The third-order valence-corrected chi connectivity index (χ3v) is 3.62. The van der Waals surface area contributed by atoms with Gasteiger partial charge in [-0.25, -0.2) is 0 Å². The fourth-order valence-electron chi connectivity index (χ4n) is 2.41. The van der Waals surface area contributed by atoms with Crippen molar-refractivity contribution in [1.82, 2.24) is 15.1 Å².